The number of piperazine rings is 1. The maximum atomic E-state index is 12.9. The molecule has 2 aliphatic rings. The summed E-state index contributed by atoms with van der Waals surface area (Å²) in [7, 11) is -3.44. The Balaban J connectivity index is 1.42. The maximum Gasteiger partial charge on any atom is 0.282 e. The van der Waals surface area contributed by atoms with Crippen molar-refractivity contribution in [2.24, 2.45) is 0 Å². The fourth-order valence-electron chi connectivity index (χ4n) is 4.07. The molecule has 0 atom stereocenters. The molecule has 9 nitrogen and oxygen atoms in total. The largest absolute Gasteiger partial charge is 0.379 e. The minimum atomic E-state index is -3.44. The van der Waals surface area contributed by atoms with E-state index in [2.05, 4.69) is 10.00 Å². The van der Waals surface area contributed by atoms with Gasteiger partial charge in [0.1, 0.15) is 5.82 Å². The van der Waals surface area contributed by atoms with Gasteiger partial charge in [0.25, 0.3) is 10.2 Å². The lowest BCUT2D eigenvalue weighted by Gasteiger charge is -2.38. The Morgan fingerprint density at radius 1 is 0.966 bits per heavy atom. The second kappa shape index (κ2) is 7.21. The summed E-state index contributed by atoms with van der Waals surface area (Å²) in [4.78, 5) is 7.03. The summed E-state index contributed by atoms with van der Waals surface area (Å²) in [6.45, 7) is 5.81. The van der Waals surface area contributed by atoms with Crippen LogP contribution in [0.3, 0.4) is 0 Å². The second-order valence-electron chi connectivity index (χ2n) is 7.41. The smallest absolute Gasteiger partial charge is 0.282 e. The molecule has 10 heteroatoms. The summed E-state index contributed by atoms with van der Waals surface area (Å²) in [5.74, 6) is 0.886. The zero-order valence-electron chi connectivity index (χ0n) is 16.4. The van der Waals surface area contributed by atoms with Crippen LogP contribution in [0.2, 0.25) is 0 Å². The van der Waals surface area contributed by atoms with Crippen LogP contribution in [0.4, 0.5) is 5.82 Å². The molecule has 0 N–H and O–H groups in total. The van der Waals surface area contributed by atoms with Gasteiger partial charge < -0.3 is 9.64 Å². The minimum absolute atomic E-state index is 0.423. The van der Waals surface area contributed by atoms with Crippen molar-refractivity contribution >= 4 is 32.6 Å². The van der Waals surface area contributed by atoms with Gasteiger partial charge in [0.15, 0.2) is 5.65 Å². The van der Waals surface area contributed by atoms with Gasteiger partial charge >= 0.3 is 0 Å². The molecule has 0 bridgehead atoms. The van der Waals surface area contributed by atoms with Gasteiger partial charge in [-0.3, -0.25) is 0 Å². The van der Waals surface area contributed by atoms with Crippen molar-refractivity contribution < 1.29 is 13.2 Å². The van der Waals surface area contributed by atoms with Gasteiger partial charge in [-0.05, 0) is 19.1 Å². The van der Waals surface area contributed by atoms with Crippen LogP contribution in [0.5, 0.6) is 0 Å². The summed E-state index contributed by atoms with van der Waals surface area (Å²) < 4.78 is 36.1. The van der Waals surface area contributed by atoms with Gasteiger partial charge in [-0.15, -0.1) is 0 Å². The molecule has 0 radical (unpaired) electrons. The fraction of sp³-hybridized carbons (Fsp3) is 0.474. The third-order valence-electron chi connectivity index (χ3n) is 5.57. The number of para-hydroxylation sites is 1. The first-order valence-electron chi connectivity index (χ1n) is 9.87. The number of anilines is 1. The van der Waals surface area contributed by atoms with Crippen molar-refractivity contribution in [1.29, 1.82) is 0 Å². The zero-order chi connectivity index (χ0) is 20.0. The predicted octanol–water partition coefficient (Wildman–Crippen LogP) is 0.890. The SMILES string of the molecule is Cc1cc2nc(N3CCN(S(=O)(=O)N4CCOCC4)CC3)c3ccccc3n2n1. The van der Waals surface area contributed by atoms with E-state index >= 15 is 0 Å². The van der Waals surface area contributed by atoms with E-state index in [1.807, 2.05) is 41.8 Å². The molecule has 1 aromatic carbocycles. The third-order valence-corrected chi connectivity index (χ3v) is 7.60. The van der Waals surface area contributed by atoms with Crippen molar-refractivity contribution in [2.75, 3.05) is 57.4 Å². The molecule has 0 amide bonds. The Hall–Kier alpha value is -2.27. The number of rotatable bonds is 3. The molecule has 29 heavy (non-hydrogen) atoms. The molecular weight excluding hydrogens is 392 g/mol. The average Bonchev–Trinajstić information content (AvgIpc) is 3.14. The fourth-order valence-corrected chi connectivity index (χ4v) is 5.63. The molecule has 0 unspecified atom stereocenters. The van der Waals surface area contributed by atoms with Gasteiger partial charge in [0.05, 0.1) is 24.4 Å². The first-order valence-corrected chi connectivity index (χ1v) is 11.3. The Kier molecular flexibility index (Phi) is 4.66. The highest BCUT2D eigenvalue weighted by Gasteiger charge is 2.33. The standard InChI is InChI=1S/C19H24N6O3S/c1-15-14-18-20-19(16-4-2-3-5-17(16)25(18)21-15)22-6-8-23(9-7-22)29(26,27)24-10-12-28-13-11-24/h2-5,14H,6-13H2,1H3. The first kappa shape index (κ1) is 18.7. The third kappa shape index (κ3) is 3.25. The van der Waals surface area contributed by atoms with E-state index in [4.69, 9.17) is 9.72 Å². The number of hydrogen-bond donors (Lipinski definition) is 0. The molecule has 2 saturated heterocycles. The van der Waals surface area contributed by atoms with E-state index in [1.165, 1.54) is 4.31 Å². The number of morpholine rings is 1. The lowest BCUT2D eigenvalue weighted by Crippen LogP contribution is -2.55. The van der Waals surface area contributed by atoms with Crippen molar-refractivity contribution in [3.63, 3.8) is 0 Å². The van der Waals surface area contributed by atoms with Crippen molar-refractivity contribution in [1.82, 2.24) is 23.2 Å². The van der Waals surface area contributed by atoms with Crippen LogP contribution in [0.25, 0.3) is 16.6 Å². The molecule has 154 valence electrons. The summed E-state index contributed by atoms with van der Waals surface area (Å²) in [6, 6.07) is 10.0. The monoisotopic (exact) mass is 416 g/mol. The number of fused-ring (bicyclic) bond motifs is 3. The first-order chi connectivity index (χ1) is 14.0. The summed E-state index contributed by atoms with van der Waals surface area (Å²) >= 11 is 0. The lowest BCUT2D eigenvalue weighted by molar-refractivity contribution is 0.0700. The van der Waals surface area contributed by atoms with Crippen LogP contribution >= 0.6 is 0 Å². The van der Waals surface area contributed by atoms with E-state index in [0.29, 0.717) is 52.5 Å². The maximum absolute atomic E-state index is 12.9. The number of aryl methyl sites for hydroxylation is 1. The van der Waals surface area contributed by atoms with E-state index in [9.17, 15) is 8.42 Å². The summed E-state index contributed by atoms with van der Waals surface area (Å²) in [6.07, 6.45) is 0. The molecule has 5 rings (SSSR count). The van der Waals surface area contributed by atoms with Crippen LogP contribution in [-0.4, -0.2) is 84.1 Å². The Bertz CT molecular complexity index is 1150. The van der Waals surface area contributed by atoms with Gasteiger partial charge in [0.2, 0.25) is 0 Å². The molecule has 2 fully saturated rings. The summed E-state index contributed by atoms with van der Waals surface area (Å²) in [5, 5.41) is 5.58. The number of benzene rings is 1. The number of nitrogens with zero attached hydrogens (tertiary/aromatic N) is 6. The number of aromatic nitrogens is 3. The van der Waals surface area contributed by atoms with Crippen LogP contribution in [-0.2, 0) is 14.9 Å². The van der Waals surface area contributed by atoms with Gasteiger partial charge in [-0.1, -0.05) is 12.1 Å². The Labute approximate surface area is 169 Å². The zero-order valence-corrected chi connectivity index (χ0v) is 17.2. The van der Waals surface area contributed by atoms with Crippen LogP contribution in [0, 0.1) is 6.92 Å². The van der Waals surface area contributed by atoms with Gasteiger partial charge in [-0.25, -0.2) is 9.50 Å². The van der Waals surface area contributed by atoms with E-state index in [0.717, 1.165) is 28.1 Å². The highest BCUT2D eigenvalue weighted by atomic mass is 32.2. The van der Waals surface area contributed by atoms with Crippen LogP contribution < -0.4 is 4.90 Å². The molecule has 0 spiro atoms. The molecule has 0 aliphatic carbocycles. The highest BCUT2D eigenvalue weighted by molar-refractivity contribution is 7.86. The minimum Gasteiger partial charge on any atom is -0.379 e. The van der Waals surface area contributed by atoms with Gasteiger partial charge in [0, 0.05) is 50.7 Å². The highest BCUT2D eigenvalue weighted by Crippen LogP contribution is 2.28. The molecule has 0 saturated carbocycles. The van der Waals surface area contributed by atoms with Crippen LogP contribution in [0.1, 0.15) is 5.69 Å². The van der Waals surface area contributed by atoms with Crippen molar-refractivity contribution in [3.05, 3.63) is 36.0 Å². The second-order valence-corrected chi connectivity index (χ2v) is 9.34. The quantitative estimate of drug-likeness (QED) is 0.631. The molecule has 3 aromatic rings. The van der Waals surface area contributed by atoms with Crippen molar-refractivity contribution in [3.8, 4) is 0 Å². The average molecular weight is 417 g/mol. The van der Waals surface area contributed by atoms with E-state index < -0.39 is 10.2 Å². The molecular formula is C19H24N6O3S. The summed E-state index contributed by atoms with van der Waals surface area (Å²) in [5.41, 5.74) is 2.73. The predicted molar refractivity (Wildman–Crippen MR) is 110 cm³/mol. The van der Waals surface area contributed by atoms with E-state index in [1.54, 1.807) is 4.31 Å². The van der Waals surface area contributed by atoms with Crippen LogP contribution in [0.15, 0.2) is 30.3 Å². The van der Waals surface area contributed by atoms with Gasteiger partial charge in [-0.2, -0.15) is 22.1 Å². The normalized spacial score (nSPS) is 20.0. The Morgan fingerprint density at radius 3 is 2.41 bits per heavy atom. The molecule has 4 heterocycles. The number of ether oxygens (including phenoxy) is 1. The van der Waals surface area contributed by atoms with E-state index in [-0.39, 0.29) is 0 Å². The van der Waals surface area contributed by atoms with Crippen molar-refractivity contribution in [2.45, 2.75) is 6.92 Å². The molecule has 2 aliphatic heterocycles. The Morgan fingerprint density at radius 2 is 1.66 bits per heavy atom. The number of hydrogen-bond acceptors (Lipinski definition) is 6. The molecule has 2 aromatic heterocycles. The lowest BCUT2D eigenvalue weighted by atomic mass is 10.2. The topological polar surface area (TPSA) is 83.3 Å².